The van der Waals surface area contributed by atoms with Gasteiger partial charge in [-0.25, -0.2) is 0 Å². The van der Waals surface area contributed by atoms with E-state index in [0.29, 0.717) is 0 Å². The van der Waals surface area contributed by atoms with E-state index in [0.717, 1.165) is 11.8 Å². The van der Waals surface area contributed by atoms with E-state index in [-0.39, 0.29) is 15.8 Å². The molecule has 0 N–H and O–H groups in total. The Bertz CT molecular complexity index is 829. The molecule has 0 nitrogen and oxygen atoms in total. The molecule has 2 aliphatic heterocycles. The minimum absolute atomic E-state index is 0.00762. The van der Waals surface area contributed by atoms with Crippen molar-refractivity contribution in [1.82, 2.24) is 0 Å². The molecule has 0 aromatic heterocycles. The lowest BCUT2D eigenvalue weighted by molar-refractivity contribution is 0.782. The third-order valence-electron chi connectivity index (χ3n) is 6.48. The molecule has 0 radical (unpaired) electrons. The summed E-state index contributed by atoms with van der Waals surface area (Å²) in [6.45, 7) is 0. The van der Waals surface area contributed by atoms with Crippen molar-refractivity contribution in [3.05, 3.63) is 96.1 Å². The number of hydrogen-bond donors (Lipinski definition) is 0. The van der Waals surface area contributed by atoms with Crippen molar-refractivity contribution in [3.63, 3.8) is 0 Å². The molecule has 0 spiro atoms. The van der Waals surface area contributed by atoms with Crippen molar-refractivity contribution in [3.8, 4) is 0 Å². The first-order chi connectivity index (χ1) is 13.9. The average molecular weight is 402 g/mol. The van der Waals surface area contributed by atoms with Gasteiger partial charge in [0.05, 0.1) is 0 Å². The predicted molar refractivity (Wildman–Crippen MR) is 127 cm³/mol. The van der Waals surface area contributed by atoms with Crippen LogP contribution in [0.5, 0.6) is 0 Å². The van der Waals surface area contributed by atoms with E-state index in [4.69, 9.17) is 0 Å². The highest BCUT2D eigenvalue weighted by Gasteiger charge is 2.32. The Labute approximate surface area is 171 Å². The zero-order valence-electron chi connectivity index (χ0n) is 16.4. The second-order valence-corrected chi connectivity index (χ2v) is 12.9. The van der Waals surface area contributed by atoms with Crippen LogP contribution in [-0.2, 0) is 0 Å². The van der Waals surface area contributed by atoms with Gasteiger partial charge in [0.15, 0.2) is 0 Å². The molecule has 2 saturated heterocycles. The third-order valence-corrected chi connectivity index (χ3v) is 12.2. The van der Waals surface area contributed by atoms with Gasteiger partial charge in [0.2, 0.25) is 0 Å². The fourth-order valence-corrected chi connectivity index (χ4v) is 11.5. The predicted octanol–water partition coefficient (Wildman–Crippen LogP) is 6.28. The number of hydrogen-bond acceptors (Lipinski definition) is 0. The van der Waals surface area contributed by atoms with E-state index < -0.39 is 0 Å². The highest BCUT2D eigenvalue weighted by atomic mass is 31.1. The summed E-state index contributed by atoms with van der Waals surface area (Å²) in [7, 11) is 0.0152. The van der Waals surface area contributed by atoms with Crippen LogP contribution in [0.2, 0.25) is 0 Å². The van der Waals surface area contributed by atoms with Crippen molar-refractivity contribution in [2.75, 3.05) is 24.6 Å². The second kappa shape index (κ2) is 8.49. The molecular formula is C26H28P2. The van der Waals surface area contributed by atoms with Crippen LogP contribution in [0.3, 0.4) is 0 Å². The van der Waals surface area contributed by atoms with Gasteiger partial charge < -0.3 is 0 Å². The molecule has 0 saturated carbocycles. The van der Waals surface area contributed by atoms with E-state index in [1.54, 1.807) is 21.7 Å². The lowest BCUT2D eigenvalue weighted by Crippen LogP contribution is -2.23. The number of benzene rings is 3. The Kier molecular flexibility index (Phi) is 5.62. The van der Waals surface area contributed by atoms with Crippen LogP contribution in [0.25, 0.3) is 0 Å². The standard InChI is InChI=1S/C26H28P2/c1-3-9-21(10-4-1)23-15-17-27(19-23)25-13-7-8-14-26(25)28-18-16-24(20-28)22-11-5-2-6-12-22/h1-14,23-24H,15-20H2. The molecule has 2 heterocycles. The van der Waals surface area contributed by atoms with Crippen molar-refractivity contribution in [2.24, 2.45) is 0 Å². The van der Waals surface area contributed by atoms with Crippen LogP contribution in [0.1, 0.15) is 35.8 Å². The highest BCUT2D eigenvalue weighted by molar-refractivity contribution is 7.72. The molecule has 28 heavy (non-hydrogen) atoms. The summed E-state index contributed by atoms with van der Waals surface area (Å²) < 4.78 is 0. The van der Waals surface area contributed by atoms with E-state index in [2.05, 4.69) is 84.9 Å². The van der Waals surface area contributed by atoms with Crippen LogP contribution in [-0.4, -0.2) is 24.6 Å². The summed E-state index contributed by atoms with van der Waals surface area (Å²) in [5.41, 5.74) is 3.11. The molecule has 2 aliphatic rings. The van der Waals surface area contributed by atoms with Crippen molar-refractivity contribution in [2.45, 2.75) is 24.7 Å². The van der Waals surface area contributed by atoms with Gasteiger partial charge >= 0.3 is 0 Å². The van der Waals surface area contributed by atoms with E-state index >= 15 is 0 Å². The molecule has 2 heteroatoms. The van der Waals surface area contributed by atoms with Gasteiger partial charge in [-0.2, -0.15) is 0 Å². The summed E-state index contributed by atoms with van der Waals surface area (Å²) in [5, 5.41) is 3.49. The van der Waals surface area contributed by atoms with Gasteiger partial charge in [-0.3, -0.25) is 0 Å². The largest absolute Gasteiger partial charge is 0.0740 e. The van der Waals surface area contributed by atoms with Gasteiger partial charge in [-0.1, -0.05) is 101 Å². The average Bonchev–Trinajstić information content (AvgIpc) is 3.45. The molecule has 4 unspecified atom stereocenters. The first kappa shape index (κ1) is 18.5. The molecule has 5 rings (SSSR count). The monoisotopic (exact) mass is 402 g/mol. The molecular weight excluding hydrogens is 374 g/mol. The zero-order chi connectivity index (χ0) is 18.8. The van der Waals surface area contributed by atoms with Crippen LogP contribution in [0.15, 0.2) is 84.9 Å². The lowest BCUT2D eigenvalue weighted by atomic mass is 9.99. The number of rotatable bonds is 4. The van der Waals surface area contributed by atoms with Crippen LogP contribution in [0, 0.1) is 0 Å². The van der Waals surface area contributed by atoms with Crippen LogP contribution >= 0.6 is 15.8 Å². The van der Waals surface area contributed by atoms with Crippen molar-refractivity contribution in [1.29, 1.82) is 0 Å². The zero-order valence-corrected chi connectivity index (χ0v) is 18.2. The minimum atomic E-state index is 0.00762. The quantitative estimate of drug-likeness (QED) is 0.451. The Morgan fingerprint density at radius 3 is 1.32 bits per heavy atom. The molecule has 2 fully saturated rings. The highest BCUT2D eigenvalue weighted by Crippen LogP contribution is 2.53. The molecule has 0 amide bonds. The second-order valence-electron chi connectivity index (χ2n) is 8.17. The van der Waals surface area contributed by atoms with E-state index in [9.17, 15) is 0 Å². The molecule has 4 atom stereocenters. The maximum absolute atomic E-state index is 2.48. The Hall–Kier alpha value is -1.48. The molecule has 0 aliphatic carbocycles. The van der Waals surface area contributed by atoms with Crippen molar-refractivity contribution >= 4 is 26.5 Å². The fourth-order valence-electron chi connectivity index (χ4n) is 4.95. The summed E-state index contributed by atoms with van der Waals surface area (Å²) >= 11 is 0. The smallest absolute Gasteiger partial charge is 0.0116 e. The van der Waals surface area contributed by atoms with Gasteiger partial charge in [-0.15, -0.1) is 0 Å². The summed E-state index contributed by atoms with van der Waals surface area (Å²) in [4.78, 5) is 0. The normalized spacial score (nSPS) is 27.1. The molecule has 0 bridgehead atoms. The maximum atomic E-state index is 2.48. The first-order valence-electron chi connectivity index (χ1n) is 10.6. The molecule has 3 aromatic rings. The first-order valence-corrected chi connectivity index (χ1v) is 14.0. The van der Waals surface area contributed by atoms with Gasteiger partial charge in [0, 0.05) is 0 Å². The van der Waals surface area contributed by atoms with Gasteiger partial charge in [0.25, 0.3) is 0 Å². The topological polar surface area (TPSA) is 0 Å². The van der Waals surface area contributed by atoms with Crippen LogP contribution in [0.4, 0.5) is 0 Å². The van der Waals surface area contributed by atoms with E-state index in [1.807, 2.05) is 0 Å². The SMILES string of the molecule is c1ccc(C2CCP(c3ccccc3P3CCC(c4ccccc4)C3)C2)cc1. The minimum Gasteiger partial charge on any atom is -0.0740 e. The Morgan fingerprint density at radius 2 is 0.893 bits per heavy atom. The Balaban J connectivity index is 1.34. The van der Waals surface area contributed by atoms with Crippen LogP contribution < -0.4 is 10.6 Å². The summed E-state index contributed by atoms with van der Waals surface area (Å²) in [5.74, 6) is 1.54. The third kappa shape index (κ3) is 3.83. The summed E-state index contributed by atoms with van der Waals surface area (Å²) in [6.07, 6.45) is 8.35. The van der Waals surface area contributed by atoms with Crippen molar-refractivity contribution < 1.29 is 0 Å². The maximum Gasteiger partial charge on any atom is -0.0116 e. The van der Waals surface area contributed by atoms with Gasteiger partial charge in [-0.05, 0) is 71.1 Å². The van der Waals surface area contributed by atoms with Gasteiger partial charge in [0.1, 0.15) is 0 Å². The molecule has 3 aromatic carbocycles. The fraction of sp³-hybridized carbons (Fsp3) is 0.308. The summed E-state index contributed by atoms with van der Waals surface area (Å²) in [6, 6.07) is 32.0. The Morgan fingerprint density at radius 1 is 0.500 bits per heavy atom. The lowest BCUT2D eigenvalue weighted by Gasteiger charge is -2.21. The van der Waals surface area contributed by atoms with E-state index in [1.165, 1.54) is 37.5 Å². The molecule has 142 valence electrons.